The van der Waals surface area contributed by atoms with Crippen LogP contribution in [0.2, 0.25) is 0 Å². The highest BCUT2D eigenvalue weighted by Gasteiger charge is 2.29. The Morgan fingerprint density at radius 2 is 1.95 bits per heavy atom. The molecule has 0 amide bonds. The first-order chi connectivity index (χ1) is 9.40. The fourth-order valence-electron chi connectivity index (χ4n) is 2.25. The Morgan fingerprint density at radius 1 is 1.25 bits per heavy atom. The number of benzene rings is 1. The van der Waals surface area contributed by atoms with Gasteiger partial charge in [-0.3, -0.25) is 4.90 Å². The fraction of sp³-hybridized carbons (Fsp3) is 0.429. The van der Waals surface area contributed by atoms with Gasteiger partial charge in [0.05, 0.1) is 13.1 Å². The minimum Gasteiger partial charge on any atom is -0.459 e. The molecule has 3 nitrogen and oxygen atoms in total. The first kappa shape index (κ1) is 14.9. The van der Waals surface area contributed by atoms with Crippen molar-refractivity contribution in [1.29, 1.82) is 0 Å². The standard InChI is InChI=1S/C14H17F3N2O/c1-18-7-11-10-5-3-4-6-12(10)20-13(11)8-19(2)9-14(15,16)17/h3-6,18H,7-9H2,1-2H3. The van der Waals surface area contributed by atoms with Gasteiger partial charge in [0.25, 0.3) is 0 Å². The molecule has 0 saturated carbocycles. The predicted molar refractivity (Wildman–Crippen MR) is 71.4 cm³/mol. The van der Waals surface area contributed by atoms with Crippen LogP contribution in [0, 0.1) is 0 Å². The van der Waals surface area contributed by atoms with E-state index in [1.807, 2.05) is 24.3 Å². The Hall–Kier alpha value is -1.53. The van der Waals surface area contributed by atoms with Gasteiger partial charge in [-0.1, -0.05) is 18.2 Å². The molecule has 0 fully saturated rings. The molecule has 2 rings (SSSR count). The molecule has 0 atom stereocenters. The van der Waals surface area contributed by atoms with Crippen molar-refractivity contribution in [3.8, 4) is 0 Å². The minimum atomic E-state index is -4.20. The highest BCUT2D eigenvalue weighted by molar-refractivity contribution is 5.82. The van der Waals surface area contributed by atoms with Crippen molar-refractivity contribution in [3.05, 3.63) is 35.6 Å². The largest absolute Gasteiger partial charge is 0.459 e. The van der Waals surface area contributed by atoms with Crippen molar-refractivity contribution in [2.45, 2.75) is 19.3 Å². The molecular weight excluding hydrogens is 269 g/mol. The van der Waals surface area contributed by atoms with E-state index in [2.05, 4.69) is 5.32 Å². The van der Waals surface area contributed by atoms with E-state index in [-0.39, 0.29) is 6.54 Å². The first-order valence-electron chi connectivity index (χ1n) is 6.30. The average molecular weight is 286 g/mol. The average Bonchev–Trinajstić information content (AvgIpc) is 2.66. The number of hydrogen-bond donors (Lipinski definition) is 1. The smallest absolute Gasteiger partial charge is 0.401 e. The Morgan fingerprint density at radius 3 is 2.60 bits per heavy atom. The Bertz CT molecular complexity index is 577. The number of nitrogens with zero attached hydrogens (tertiary/aromatic N) is 1. The molecular formula is C14H17F3N2O. The van der Waals surface area contributed by atoms with Crippen LogP contribution >= 0.6 is 0 Å². The molecule has 1 heterocycles. The third kappa shape index (κ3) is 3.52. The maximum atomic E-state index is 12.4. The summed E-state index contributed by atoms with van der Waals surface area (Å²) in [6, 6.07) is 7.47. The fourth-order valence-corrected chi connectivity index (χ4v) is 2.25. The Labute approximate surface area is 115 Å². The molecule has 0 unspecified atom stereocenters. The summed E-state index contributed by atoms with van der Waals surface area (Å²) in [4.78, 5) is 1.21. The number of halogens is 3. The highest BCUT2D eigenvalue weighted by atomic mass is 19.4. The van der Waals surface area contributed by atoms with Crippen LogP contribution in [0.3, 0.4) is 0 Å². The first-order valence-corrected chi connectivity index (χ1v) is 6.30. The van der Waals surface area contributed by atoms with Crippen LogP contribution in [0.4, 0.5) is 13.2 Å². The van der Waals surface area contributed by atoms with Crippen LogP contribution in [0.1, 0.15) is 11.3 Å². The van der Waals surface area contributed by atoms with E-state index in [1.165, 1.54) is 11.9 Å². The molecule has 0 saturated heterocycles. The van der Waals surface area contributed by atoms with E-state index in [1.54, 1.807) is 7.05 Å². The van der Waals surface area contributed by atoms with Crippen LogP contribution in [0.5, 0.6) is 0 Å². The normalized spacial score (nSPS) is 12.5. The molecule has 1 aromatic carbocycles. The van der Waals surface area contributed by atoms with E-state index in [4.69, 9.17) is 4.42 Å². The predicted octanol–water partition coefficient (Wildman–Crippen LogP) is 3.15. The second-order valence-corrected chi connectivity index (χ2v) is 4.82. The second kappa shape index (κ2) is 5.85. The zero-order valence-corrected chi connectivity index (χ0v) is 11.4. The van der Waals surface area contributed by atoms with Gasteiger partial charge in [0.15, 0.2) is 0 Å². The van der Waals surface area contributed by atoms with E-state index in [9.17, 15) is 13.2 Å². The summed E-state index contributed by atoms with van der Waals surface area (Å²) in [5, 5.41) is 3.97. The molecule has 0 spiro atoms. The molecule has 20 heavy (non-hydrogen) atoms. The van der Waals surface area contributed by atoms with Crippen molar-refractivity contribution in [3.63, 3.8) is 0 Å². The second-order valence-electron chi connectivity index (χ2n) is 4.82. The summed E-state index contributed by atoms with van der Waals surface area (Å²) in [5.41, 5.74) is 1.62. The Kier molecular flexibility index (Phi) is 4.35. The van der Waals surface area contributed by atoms with Gasteiger partial charge in [0, 0.05) is 17.5 Å². The third-order valence-corrected chi connectivity index (χ3v) is 3.00. The van der Waals surface area contributed by atoms with E-state index >= 15 is 0 Å². The van der Waals surface area contributed by atoms with Crippen molar-refractivity contribution in [2.75, 3.05) is 20.6 Å². The summed E-state index contributed by atoms with van der Waals surface area (Å²) in [6.45, 7) is -0.263. The van der Waals surface area contributed by atoms with Gasteiger partial charge in [0.2, 0.25) is 0 Å². The summed E-state index contributed by atoms with van der Waals surface area (Å²) in [7, 11) is 3.23. The van der Waals surface area contributed by atoms with E-state index < -0.39 is 12.7 Å². The molecule has 0 aliphatic carbocycles. The molecule has 0 aliphatic rings. The van der Waals surface area contributed by atoms with Crippen LogP contribution in [-0.4, -0.2) is 31.7 Å². The quantitative estimate of drug-likeness (QED) is 0.915. The topological polar surface area (TPSA) is 28.4 Å². The number of rotatable bonds is 5. The summed E-state index contributed by atoms with van der Waals surface area (Å²) in [6.07, 6.45) is -4.20. The molecule has 0 aliphatic heterocycles. The van der Waals surface area contributed by atoms with Gasteiger partial charge in [-0.15, -0.1) is 0 Å². The molecule has 6 heteroatoms. The molecule has 1 aromatic heterocycles. The third-order valence-electron chi connectivity index (χ3n) is 3.00. The number of hydrogen-bond acceptors (Lipinski definition) is 3. The van der Waals surface area contributed by atoms with Gasteiger partial charge in [-0.25, -0.2) is 0 Å². The lowest BCUT2D eigenvalue weighted by Gasteiger charge is -2.17. The van der Waals surface area contributed by atoms with Crippen LogP contribution in [0.15, 0.2) is 28.7 Å². The lowest BCUT2D eigenvalue weighted by atomic mass is 10.1. The van der Waals surface area contributed by atoms with E-state index in [0.29, 0.717) is 17.9 Å². The van der Waals surface area contributed by atoms with Crippen LogP contribution < -0.4 is 5.32 Å². The monoisotopic (exact) mass is 286 g/mol. The van der Waals surface area contributed by atoms with Gasteiger partial charge in [-0.05, 0) is 20.2 Å². The summed E-state index contributed by atoms with van der Waals surface area (Å²) >= 11 is 0. The molecule has 0 radical (unpaired) electrons. The van der Waals surface area contributed by atoms with Crippen LogP contribution in [-0.2, 0) is 13.1 Å². The van der Waals surface area contributed by atoms with Gasteiger partial charge in [0.1, 0.15) is 11.3 Å². The van der Waals surface area contributed by atoms with E-state index in [0.717, 1.165) is 10.9 Å². The van der Waals surface area contributed by atoms with Crippen molar-refractivity contribution >= 4 is 11.0 Å². The number of fused-ring (bicyclic) bond motifs is 1. The molecule has 110 valence electrons. The van der Waals surface area contributed by atoms with Gasteiger partial charge >= 0.3 is 6.18 Å². The van der Waals surface area contributed by atoms with Gasteiger partial charge < -0.3 is 9.73 Å². The zero-order chi connectivity index (χ0) is 14.8. The molecule has 0 bridgehead atoms. The minimum absolute atomic E-state index is 0.130. The van der Waals surface area contributed by atoms with Gasteiger partial charge in [-0.2, -0.15) is 13.2 Å². The lowest BCUT2D eigenvalue weighted by Crippen LogP contribution is -2.30. The lowest BCUT2D eigenvalue weighted by molar-refractivity contribution is -0.144. The van der Waals surface area contributed by atoms with Crippen molar-refractivity contribution in [2.24, 2.45) is 0 Å². The summed E-state index contributed by atoms with van der Waals surface area (Å²) in [5.74, 6) is 0.576. The zero-order valence-electron chi connectivity index (χ0n) is 11.4. The number of nitrogens with one attached hydrogen (secondary N) is 1. The highest BCUT2D eigenvalue weighted by Crippen LogP contribution is 2.27. The maximum absolute atomic E-state index is 12.4. The number of para-hydroxylation sites is 1. The summed E-state index contributed by atoms with van der Waals surface area (Å²) < 4.78 is 42.8. The van der Waals surface area contributed by atoms with Crippen molar-refractivity contribution < 1.29 is 17.6 Å². The van der Waals surface area contributed by atoms with Crippen molar-refractivity contribution in [1.82, 2.24) is 10.2 Å². The maximum Gasteiger partial charge on any atom is 0.401 e. The number of alkyl halides is 3. The SMILES string of the molecule is CNCc1c(CN(C)CC(F)(F)F)oc2ccccc12. The number of furan rings is 1. The molecule has 1 N–H and O–H groups in total. The van der Waals surface area contributed by atoms with Crippen LogP contribution in [0.25, 0.3) is 11.0 Å². The Balaban J connectivity index is 2.26. The molecule has 2 aromatic rings.